The molecule has 3 atom stereocenters. The van der Waals surface area contributed by atoms with Crippen molar-refractivity contribution in [3.63, 3.8) is 0 Å². The molecule has 3 unspecified atom stereocenters. The zero-order chi connectivity index (χ0) is 12.3. The fourth-order valence-corrected chi connectivity index (χ4v) is 2.75. The largest absolute Gasteiger partial charge is 0.378 e. The van der Waals surface area contributed by atoms with Crippen molar-refractivity contribution in [3.05, 3.63) is 34.9 Å². The Hall–Kier alpha value is -0.570. The summed E-state index contributed by atoms with van der Waals surface area (Å²) < 4.78 is 5.64. The van der Waals surface area contributed by atoms with Crippen LogP contribution in [0.1, 0.15) is 18.9 Å². The van der Waals surface area contributed by atoms with Gasteiger partial charge in [-0.25, -0.2) is 0 Å². The number of likely N-dealkylation sites (N-methyl/N-ethyl adjacent to an activating group) is 1. The van der Waals surface area contributed by atoms with Crippen LogP contribution in [-0.4, -0.2) is 25.8 Å². The van der Waals surface area contributed by atoms with Gasteiger partial charge in [0.05, 0.1) is 12.7 Å². The number of hydrogen-bond donors (Lipinski definition) is 1. The summed E-state index contributed by atoms with van der Waals surface area (Å²) in [4.78, 5) is 0. The first-order valence-corrected chi connectivity index (χ1v) is 6.60. The van der Waals surface area contributed by atoms with Gasteiger partial charge in [-0.05, 0) is 38.4 Å². The molecule has 3 heteroatoms. The molecule has 2 rings (SSSR count). The molecular formula is C14H20ClNO. The normalized spacial score (nSPS) is 26.1. The number of benzene rings is 1. The maximum absolute atomic E-state index is 6.20. The quantitative estimate of drug-likeness (QED) is 0.891. The Balaban J connectivity index is 2.03. The third-order valence-corrected chi connectivity index (χ3v) is 3.94. The van der Waals surface area contributed by atoms with Gasteiger partial charge in [-0.15, -0.1) is 0 Å². The van der Waals surface area contributed by atoms with Gasteiger partial charge in [0.15, 0.2) is 0 Å². The third-order valence-electron chi connectivity index (χ3n) is 3.57. The van der Waals surface area contributed by atoms with E-state index in [1.54, 1.807) is 0 Å². The summed E-state index contributed by atoms with van der Waals surface area (Å²) in [6.07, 6.45) is 2.49. The van der Waals surface area contributed by atoms with Crippen molar-refractivity contribution in [2.45, 2.75) is 31.9 Å². The Kier molecular flexibility index (Phi) is 4.43. The standard InChI is InChI=1S/C14H20ClNO/c1-10-7-12(9-17-10)14(16-2)8-11-5-3-4-6-13(11)15/h3-6,10,12,14,16H,7-9H2,1-2H3. The average Bonchev–Trinajstić information content (AvgIpc) is 2.75. The molecule has 1 saturated heterocycles. The van der Waals surface area contributed by atoms with Crippen molar-refractivity contribution in [1.82, 2.24) is 5.32 Å². The smallest absolute Gasteiger partial charge is 0.0551 e. The van der Waals surface area contributed by atoms with Gasteiger partial charge < -0.3 is 10.1 Å². The van der Waals surface area contributed by atoms with Crippen molar-refractivity contribution >= 4 is 11.6 Å². The minimum absolute atomic E-state index is 0.391. The molecule has 0 aliphatic carbocycles. The van der Waals surface area contributed by atoms with Gasteiger partial charge in [0.25, 0.3) is 0 Å². The van der Waals surface area contributed by atoms with Crippen LogP contribution in [0, 0.1) is 5.92 Å². The monoisotopic (exact) mass is 253 g/mol. The number of ether oxygens (including phenoxy) is 1. The summed E-state index contributed by atoms with van der Waals surface area (Å²) in [5.74, 6) is 0.589. The molecule has 1 aliphatic rings. The van der Waals surface area contributed by atoms with Crippen molar-refractivity contribution in [1.29, 1.82) is 0 Å². The van der Waals surface area contributed by atoms with Gasteiger partial charge in [-0.3, -0.25) is 0 Å². The summed E-state index contributed by atoms with van der Waals surface area (Å²) in [6, 6.07) is 8.52. The molecule has 0 radical (unpaired) electrons. The zero-order valence-electron chi connectivity index (χ0n) is 10.4. The Morgan fingerprint density at radius 3 is 2.82 bits per heavy atom. The molecule has 1 fully saturated rings. The van der Waals surface area contributed by atoms with Crippen LogP contribution in [0.25, 0.3) is 0 Å². The van der Waals surface area contributed by atoms with Crippen molar-refractivity contribution in [2.75, 3.05) is 13.7 Å². The first-order chi connectivity index (χ1) is 8.20. The van der Waals surface area contributed by atoms with Gasteiger partial charge in [-0.1, -0.05) is 29.8 Å². The second kappa shape index (κ2) is 5.85. The second-order valence-corrected chi connectivity index (χ2v) is 5.24. The van der Waals surface area contributed by atoms with Gasteiger partial charge in [0.1, 0.15) is 0 Å². The Morgan fingerprint density at radius 1 is 1.47 bits per heavy atom. The average molecular weight is 254 g/mol. The Bertz CT molecular complexity index is 369. The van der Waals surface area contributed by atoms with Gasteiger partial charge in [0, 0.05) is 17.0 Å². The fourth-order valence-electron chi connectivity index (χ4n) is 2.54. The van der Waals surface area contributed by atoms with Crippen LogP contribution in [0.5, 0.6) is 0 Å². The lowest BCUT2D eigenvalue weighted by atomic mass is 9.91. The predicted octanol–water partition coefficient (Wildman–Crippen LogP) is 2.90. The van der Waals surface area contributed by atoms with E-state index in [0.29, 0.717) is 18.1 Å². The molecule has 1 heterocycles. The summed E-state index contributed by atoms with van der Waals surface area (Å²) in [5.41, 5.74) is 1.22. The molecule has 0 spiro atoms. The maximum Gasteiger partial charge on any atom is 0.0551 e. The SMILES string of the molecule is CNC(Cc1ccccc1Cl)C1COC(C)C1. The summed E-state index contributed by atoms with van der Waals surface area (Å²) in [7, 11) is 2.02. The van der Waals surface area contributed by atoms with Crippen LogP contribution >= 0.6 is 11.6 Å². The molecule has 0 amide bonds. The Labute approximate surface area is 108 Å². The van der Waals surface area contributed by atoms with E-state index in [1.807, 2.05) is 25.2 Å². The van der Waals surface area contributed by atoms with Crippen LogP contribution in [0.4, 0.5) is 0 Å². The van der Waals surface area contributed by atoms with Crippen LogP contribution < -0.4 is 5.32 Å². The van der Waals surface area contributed by atoms with Gasteiger partial charge in [0.2, 0.25) is 0 Å². The van der Waals surface area contributed by atoms with Crippen LogP contribution in [-0.2, 0) is 11.2 Å². The lowest BCUT2D eigenvalue weighted by Gasteiger charge is -2.22. The molecule has 0 aromatic heterocycles. The molecule has 1 aliphatic heterocycles. The highest BCUT2D eigenvalue weighted by molar-refractivity contribution is 6.31. The highest BCUT2D eigenvalue weighted by atomic mass is 35.5. The van der Waals surface area contributed by atoms with Gasteiger partial charge >= 0.3 is 0 Å². The first kappa shape index (κ1) is 12.9. The lowest BCUT2D eigenvalue weighted by Crippen LogP contribution is -2.36. The summed E-state index contributed by atoms with van der Waals surface area (Å²) >= 11 is 6.20. The van der Waals surface area contributed by atoms with E-state index >= 15 is 0 Å². The topological polar surface area (TPSA) is 21.3 Å². The molecule has 17 heavy (non-hydrogen) atoms. The number of halogens is 1. The molecular weight excluding hydrogens is 234 g/mol. The van der Waals surface area contributed by atoms with E-state index in [9.17, 15) is 0 Å². The molecule has 94 valence electrons. The fraction of sp³-hybridized carbons (Fsp3) is 0.571. The molecule has 0 saturated carbocycles. The summed E-state index contributed by atoms with van der Waals surface area (Å²) in [5, 5.41) is 4.26. The van der Waals surface area contributed by atoms with E-state index < -0.39 is 0 Å². The molecule has 1 aromatic carbocycles. The minimum Gasteiger partial charge on any atom is -0.378 e. The number of nitrogens with one attached hydrogen (secondary N) is 1. The summed E-state index contributed by atoms with van der Waals surface area (Å²) in [6.45, 7) is 3.00. The Morgan fingerprint density at radius 2 is 2.24 bits per heavy atom. The van der Waals surface area contributed by atoms with E-state index in [4.69, 9.17) is 16.3 Å². The van der Waals surface area contributed by atoms with Crippen molar-refractivity contribution in [2.24, 2.45) is 5.92 Å². The molecule has 1 N–H and O–H groups in total. The van der Waals surface area contributed by atoms with E-state index in [-0.39, 0.29) is 0 Å². The number of rotatable bonds is 4. The molecule has 1 aromatic rings. The van der Waals surface area contributed by atoms with E-state index in [0.717, 1.165) is 24.5 Å². The van der Waals surface area contributed by atoms with Crippen molar-refractivity contribution < 1.29 is 4.74 Å². The van der Waals surface area contributed by atoms with E-state index in [1.165, 1.54) is 5.56 Å². The van der Waals surface area contributed by atoms with Crippen LogP contribution in [0.15, 0.2) is 24.3 Å². The highest BCUT2D eigenvalue weighted by Gasteiger charge is 2.28. The van der Waals surface area contributed by atoms with Gasteiger partial charge in [-0.2, -0.15) is 0 Å². The predicted molar refractivity (Wildman–Crippen MR) is 71.5 cm³/mol. The van der Waals surface area contributed by atoms with Crippen LogP contribution in [0.3, 0.4) is 0 Å². The maximum atomic E-state index is 6.20. The zero-order valence-corrected chi connectivity index (χ0v) is 11.2. The van der Waals surface area contributed by atoms with E-state index in [2.05, 4.69) is 18.3 Å². The van der Waals surface area contributed by atoms with Crippen LogP contribution in [0.2, 0.25) is 5.02 Å². The second-order valence-electron chi connectivity index (χ2n) is 4.83. The first-order valence-electron chi connectivity index (χ1n) is 6.23. The number of hydrogen-bond acceptors (Lipinski definition) is 2. The van der Waals surface area contributed by atoms with Crippen molar-refractivity contribution in [3.8, 4) is 0 Å². The minimum atomic E-state index is 0.391. The third kappa shape index (κ3) is 3.21. The molecule has 0 bridgehead atoms. The molecule has 2 nitrogen and oxygen atoms in total. The lowest BCUT2D eigenvalue weighted by molar-refractivity contribution is 0.117. The highest BCUT2D eigenvalue weighted by Crippen LogP contribution is 2.26.